The van der Waals surface area contributed by atoms with Gasteiger partial charge in [0.1, 0.15) is 21.8 Å². The van der Waals surface area contributed by atoms with Crippen LogP contribution in [0.3, 0.4) is 0 Å². The van der Waals surface area contributed by atoms with E-state index in [-0.39, 0.29) is 11.5 Å². The Morgan fingerprint density at radius 2 is 2.05 bits per heavy atom. The molecule has 0 aliphatic rings. The predicted molar refractivity (Wildman–Crippen MR) is 79.9 cm³/mol. The molecule has 0 atom stereocenters. The van der Waals surface area contributed by atoms with Gasteiger partial charge in [-0.1, -0.05) is 25.4 Å². The first-order valence-corrected chi connectivity index (χ1v) is 7.37. The molecule has 0 saturated carbocycles. The van der Waals surface area contributed by atoms with Gasteiger partial charge in [-0.2, -0.15) is 0 Å². The number of anilines is 1. The summed E-state index contributed by atoms with van der Waals surface area (Å²) in [5.74, 6) is 1.70. The number of thiazole rings is 1. The van der Waals surface area contributed by atoms with E-state index in [9.17, 15) is 0 Å². The Balaban J connectivity index is 2.28. The van der Waals surface area contributed by atoms with Crippen molar-refractivity contribution in [2.24, 2.45) is 0 Å². The number of rotatable bonds is 4. The van der Waals surface area contributed by atoms with Gasteiger partial charge in [0.25, 0.3) is 0 Å². The van der Waals surface area contributed by atoms with E-state index in [4.69, 9.17) is 11.6 Å². The maximum Gasteiger partial charge on any atom is 0.135 e. The number of hydrogen-bond donors (Lipinski definition) is 1. The normalized spacial score (nSPS) is 11.9. The Hall–Kier alpha value is -1.20. The maximum atomic E-state index is 6.04. The molecule has 2 aromatic heterocycles. The Bertz CT molecular complexity index is 552. The molecule has 0 aromatic carbocycles. The standard InChI is InChI=1S/C13H17ClN4S/c1-8(2)11-16-9(14)7-10(17-11)18-13(3,4)12-15-5-6-19-12/h5-8H,1-4H3,(H,16,17,18). The zero-order chi connectivity index (χ0) is 14.0. The molecule has 0 aliphatic carbocycles. The highest BCUT2D eigenvalue weighted by Crippen LogP contribution is 2.27. The molecule has 102 valence electrons. The number of nitrogens with one attached hydrogen (secondary N) is 1. The topological polar surface area (TPSA) is 50.7 Å². The summed E-state index contributed by atoms with van der Waals surface area (Å²) < 4.78 is 0. The van der Waals surface area contributed by atoms with Crippen LogP contribution in [0.1, 0.15) is 44.4 Å². The number of hydrogen-bond acceptors (Lipinski definition) is 5. The van der Waals surface area contributed by atoms with E-state index in [0.717, 1.165) is 16.6 Å². The van der Waals surface area contributed by atoms with E-state index >= 15 is 0 Å². The predicted octanol–water partition coefficient (Wildman–Crippen LogP) is 4.06. The lowest BCUT2D eigenvalue weighted by Gasteiger charge is -2.24. The second kappa shape index (κ2) is 5.43. The van der Waals surface area contributed by atoms with Gasteiger partial charge >= 0.3 is 0 Å². The molecule has 19 heavy (non-hydrogen) atoms. The van der Waals surface area contributed by atoms with E-state index in [2.05, 4.69) is 34.1 Å². The lowest BCUT2D eigenvalue weighted by Crippen LogP contribution is -2.28. The number of nitrogens with zero attached hydrogens (tertiary/aromatic N) is 3. The molecule has 1 N–H and O–H groups in total. The SMILES string of the molecule is CC(C)c1nc(Cl)cc(NC(C)(C)c2nccs2)n1. The van der Waals surface area contributed by atoms with E-state index in [1.165, 1.54) is 0 Å². The molecule has 4 nitrogen and oxygen atoms in total. The summed E-state index contributed by atoms with van der Waals surface area (Å²) in [4.78, 5) is 13.1. The van der Waals surface area contributed by atoms with Crippen LogP contribution in [0.4, 0.5) is 5.82 Å². The molecule has 2 heterocycles. The van der Waals surface area contributed by atoms with Crippen LogP contribution in [-0.4, -0.2) is 15.0 Å². The molecule has 0 bridgehead atoms. The van der Waals surface area contributed by atoms with Gasteiger partial charge in [0.05, 0.1) is 5.54 Å². The van der Waals surface area contributed by atoms with Crippen molar-refractivity contribution in [2.45, 2.75) is 39.2 Å². The summed E-state index contributed by atoms with van der Waals surface area (Å²) in [5.41, 5.74) is -0.292. The zero-order valence-corrected chi connectivity index (χ0v) is 13.0. The van der Waals surface area contributed by atoms with Gasteiger partial charge in [0.15, 0.2) is 0 Å². The third-order valence-corrected chi connectivity index (χ3v) is 3.93. The van der Waals surface area contributed by atoms with Crippen molar-refractivity contribution in [3.05, 3.63) is 33.6 Å². The molecule has 0 saturated heterocycles. The molecule has 0 unspecified atom stereocenters. The number of halogens is 1. The fraction of sp³-hybridized carbons (Fsp3) is 0.462. The second-order valence-electron chi connectivity index (χ2n) is 5.18. The van der Waals surface area contributed by atoms with E-state index < -0.39 is 0 Å². The fourth-order valence-electron chi connectivity index (χ4n) is 1.66. The van der Waals surface area contributed by atoms with Crippen molar-refractivity contribution < 1.29 is 0 Å². The van der Waals surface area contributed by atoms with Gasteiger partial charge in [-0.3, -0.25) is 0 Å². The molecule has 2 aromatic rings. The molecular weight excluding hydrogens is 280 g/mol. The number of aromatic nitrogens is 3. The Morgan fingerprint density at radius 3 is 2.63 bits per heavy atom. The van der Waals surface area contributed by atoms with Crippen molar-refractivity contribution >= 4 is 28.8 Å². The first kappa shape index (κ1) is 14.2. The van der Waals surface area contributed by atoms with Crippen LogP contribution in [0.2, 0.25) is 5.15 Å². The average molecular weight is 297 g/mol. The van der Waals surface area contributed by atoms with Crippen LogP contribution in [0.25, 0.3) is 0 Å². The van der Waals surface area contributed by atoms with E-state index in [0.29, 0.717) is 5.15 Å². The van der Waals surface area contributed by atoms with Gasteiger partial charge < -0.3 is 5.32 Å². The third kappa shape index (κ3) is 3.42. The Kier molecular flexibility index (Phi) is 4.06. The van der Waals surface area contributed by atoms with Crippen molar-refractivity contribution in [3.63, 3.8) is 0 Å². The minimum absolute atomic E-state index is 0.238. The van der Waals surface area contributed by atoms with E-state index in [1.807, 2.05) is 19.2 Å². The first-order valence-electron chi connectivity index (χ1n) is 6.11. The lowest BCUT2D eigenvalue weighted by molar-refractivity contribution is 0.598. The molecule has 0 aliphatic heterocycles. The monoisotopic (exact) mass is 296 g/mol. The largest absolute Gasteiger partial charge is 0.359 e. The van der Waals surface area contributed by atoms with Crippen molar-refractivity contribution in [1.82, 2.24) is 15.0 Å². The summed E-state index contributed by atoms with van der Waals surface area (Å²) in [6.45, 7) is 8.22. The van der Waals surface area contributed by atoms with Crippen LogP contribution >= 0.6 is 22.9 Å². The van der Waals surface area contributed by atoms with Gasteiger partial charge in [0, 0.05) is 23.6 Å². The first-order chi connectivity index (χ1) is 8.88. The smallest absolute Gasteiger partial charge is 0.135 e. The summed E-state index contributed by atoms with van der Waals surface area (Å²) in [5, 5.41) is 6.80. The molecule has 0 fully saturated rings. The highest BCUT2D eigenvalue weighted by atomic mass is 35.5. The van der Waals surface area contributed by atoms with Crippen LogP contribution in [0, 0.1) is 0 Å². The van der Waals surface area contributed by atoms with Crippen molar-refractivity contribution in [1.29, 1.82) is 0 Å². The summed E-state index contributed by atoms with van der Waals surface area (Å²) in [7, 11) is 0. The summed E-state index contributed by atoms with van der Waals surface area (Å²) in [6.07, 6.45) is 1.80. The van der Waals surface area contributed by atoms with Gasteiger partial charge in [-0.05, 0) is 13.8 Å². The molecular formula is C13H17ClN4S. The zero-order valence-electron chi connectivity index (χ0n) is 11.4. The van der Waals surface area contributed by atoms with Crippen LogP contribution in [-0.2, 0) is 5.54 Å². The molecule has 0 spiro atoms. The Morgan fingerprint density at radius 1 is 1.32 bits per heavy atom. The molecule has 0 radical (unpaired) electrons. The molecule has 6 heteroatoms. The minimum atomic E-state index is -0.292. The maximum absolute atomic E-state index is 6.04. The highest BCUT2D eigenvalue weighted by Gasteiger charge is 2.24. The third-order valence-electron chi connectivity index (χ3n) is 2.64. The molecule has 2 rings (SSSR count). The van der Waals surface area contributed by atoms with Crippen LogP contribution in [0.5, 0.6) is 0 Å². The van der Waals surface area contributed by atoms with Crippen molar-refractivity contribution in [2.75, 3.05) is 5.32 Å². The fourth-order valence-corrected chi connectivity index (χ4v) is 2.57. The van der Waals surface area contributed by atoms with Crippen LogP contribution < -0.4 is 5.32 Å². The van der Waals surface area contributed by atoms with Gasteiger partial charge in [-0.15, -0.1) is 11.3 Å². The highest BCUT2D eigenvalue weighted by molar-refractivity contribution is 7.09. The van der Waals surface area contributed by atoms with Crippen LogP contribution in [0.15, 0.2) is 17.6 Å². The average Bonchev–Trinajstić information content (AvgIpc) is 2.81. The summed E-state index contributed by atoms with van der Waals surface area (Å²) >= 11 is 7.66. The second-order valence-corrected chi connectivity index (χ2v) is 6.46. The lowest BCUT2D eigenvalue weighted by atomic mass is 10.1. The Labute approximate surface area is 122 Å². The van der Waals surface area contributed by atoms with Gasteiger partial charge in [-0.25, -0.2) is 15.0 Å². The molecule has 0 amide bonds. The van der Waals surface area contributed by atoms with Gasteiger partial charge in [0.2, 0.25) is 0 Å². The minimum Gasteiger partial charge on any atom is -0.359 e. The quantitative estimate of drug-likeness (QED) is 0.865. The van der Waals surface area contributed by atoms with Crippen molar-refractivity contribution in [3.8, 4) is 0 Å². The summed E-state index contributed by atoms with van der Waals surface area (Å²) in [6, 6.07) is 1.74. The van der Waals surface area contributed by atoms with E-state index in [1.54, 1.807) is 23.6 Å².